The molecule has 0 aromatic heterocycles. The third kappa shape index (κ3) is 13.0. The molecule has 5 nitrogen and oxygen atoms in total. The van der Waals surface area contributed by atoms with Crippen LogP contribution in [0.1, 0.15) is 102 Å². The smallest absolute Gasteiger partial charge is 0.224 e. The highest BCUT2D eigenvalue weighted by molar-refractivity contribution is 5.99. The highest BCUT2D eigenvalue weighted by Gasteiger charge is 2.04. The van der Waals surface area contributed by atoms with E-state index in [1.54, 1.807) is 6.07 Å². The van der Waals surface area contributed by atoms with Gasteiger partial charge in [0.1, 0.15) is 5.84 Å². The average molecular weight is 415 g/mol. The van der Waals surface area contributed by atoms with Gasteiger partial charge in [-0.05, 0) is 44.2 Å². The van der Waals surface area contributed by atoms with Crippen molar-refractivity contribution >= 4 is 17.4 Å². The molecule has 5 N–H and O–H groups in total. The number of hydrazone groups is 1. The van der Waals surface area contributed by atoms with Crippen LogP contribution in [-0.2, 0) is 4.79 Å². The van der Waals surface area contributed by atoms with Crippen LogP contribution in [-0.4, -0.2) is 11.7 Å². The van der Waals surface area contributed by atoms with Gasteiger partial charge in [-0.25, -0.2) is 0 Å². The molecule has 0 aliphatic carbocycles. The molecular formula is C25H42N4O. The lowest BCUT2D eigenvalue weighted by molar-refractivity contribution is -0.116. The Morgan fingerprint density at radius 1 is 0.933 bits per heavy atom. The van der Waals surface area contributed by atoms with Crippen molar-refractivity contribution in [3.05, 3.63) is 42.0 Å². The average Bonchev–Trinajstić information content (AvgIpc) is 2.76. The lowest BCUT2D eigenvalue weighted by atomic mass is 10.1. The summed E-state index contributed by atoms with van der Waals surface area (Å²) in [5.41, 5.74) is 7.13. The predicted molar refractivity (Wildman–Crippen MR) is 129 cm³/mol. The van der Waals surface area contributed by atoms with Crippen LogP contribution in [0, 0.1) is 0 Å². The quantitative estimate of drug-likeness (QED) is 0.0703. The molecule has 0 fully saturated rings. The summed E-state index contributed by atoms with van der Waals surface area (Å²) in [7, 11) is 0. The molecule has 0 aliphatic heterocycles. The van der Waals surface area contributed by atoms with Gasteiger partial charge in [-0.15, -0.1) is 0 Å². The van der Waals surface area contributed by atoms with Gasteiger partial charge in [0.05, 0.1) is 0 Å². The van der Waals surface area contributed by atoms with Gasteiger partial charge in [0.15, 0.2) is 0 Å². The van der Waals surface area contributed by atoms with Crippen molar-refractivity contribution in [2.75, 3.05) is 5.32 Å². The molecule has 1 aromatic carbocycles. The Kier molecular flexibility index (Phi) is 15.1. The molecule has 0 saturated heterocycles. The van der Waals surface area contributed by atoms with Crippen molar-refractivity contribution in [3.63, 3.8) is 0 Å². The molecule has 0 saturated carbocycles. The van der Waals surface area contributed by atoms with Crippen molar-refractivity contribution < 1.29 is 4.79 Å². The summed E-state index contributed by atoms with van der Waals surface area (Å²) >= 11 is 0. The number of carbonyl (C=O) groups is 1. The van der Waals surface area contributed by atoms with Crippen LogP contribution in [0.5, 0.6) is 0 Å². The van der Waals surface area contributed by atoms with Gasteiger partial charge < -0.3 is 16.9 Å². The standard InChI is InChI=1S/C25H42N4O/c1-2-3-4-5-6-7-8-9-10-11-12-13-14-15-16-20-24(30)28-23-19-17-18-22(21-23)25(26)29-27/h9-10,17-19,21H,2-8,11-16,20,27H2,1H3,(H2,26,29)(H,28,30)/b10-9-. The van der Waals surface area contributed by atoms with E-state index in [2.05, 4.69) is 29.5 Å². The number of amides is 1. The van der Waals surface area contributed by atoms with Crippen LogP contribution in [0.4, 0.5) is 5.69 Å². The number of benzene rings is 1. The Bertz CT molecular complexity index is 640. The maximum absolute atomic E-state index is 12.1. The lowest BCUT2D eigenvalue weighted by Crippen LogP contribution is -2.16. The second kappa shape index (κ2) is 17.5. The van der Waals surface area contributed by atoms with Crippen LogP contribution in [0.2, 0.25) is 0 Å². The normalized spacial score (nSPS) is 11.8. The van der Waals surface area contributed by atoms with Crippen molar-refractivity contribution in [1.82, 2.24) is 0 Å². The Balaban J connectivity index is 1.99. The summed E-state index contributed by atoms with van der Waals surface area (Å²) in [5.74, 6) is 5.49. The zero-order valence-corrected chi connectivity index (χ0v) is 18.9. The molecule has 0 unspecified atom stereocenters. The van der Waals surface area contributed by atoms with E-state index in [0.29, 0.717) is 12.0 Å². The van der Waals surface area contributed by atoms with Crippen molar-refractivity contribution in [2.45, 2.75) is 96.8 Å². The molecule has 1 rings (SSSR count). The van der Waals surface area contributed by atoms with E-state index < -0.39 is 0 Å². The number of unbranched alkanes of at least 4 members (excludes halogenated alkanes) is 11. The second-order valence-corrected chi connectivity index (χ2v) is 7.98. The van der Waals surface area contributed by atoms with Crippen LogP contribution < -0.4 is 16.9 Å². The van der Waals surface area contributed by atoms with Crippen molar-refractivity contribution in [1.29, 1.82) is 0 Å². The first-order chi connectivity index (χ1) is 14.7. The zero-order chi connectivity index (χ0) is 21.9. The maximum Gasteiger partial charge on any atom is 0.224 e. The number of hydrogen-bond donors (Lipinski definition) is 3. The minimum absolute atomic E-state index is 0.0352. The van der Waals surface area contributed by atoms with Crippen LogP contribution in [0.25, 0.3) is 0 Å². The predicted octanol–water partition coefficient (Wildman–Crippen LogP) is 6.24. The van der Waals surface area contributed by atoms with E-state index in [9.17, 15) is 4.79 Å². The molecule has 0 heterocycles. The molecule has 0 bridgehead atoms. The molecular weight excluding hydrogens is 372 g/mol. The van der Waals surface area contributed by atoms with Crippen LogP contribution >= 0.6 is 0 Å². The molecule has 30 heavy (non-hydrogen) atoms. The van der Waals surface area contributed by atoms with E-state index in [0.717, 1.165) is 18.5 Å². The fourth-order valence-electron chi connectivity index (χ4n) is 3.41. The number of nitrogens with zero attached hydrogens (tertiary/aromatic N) is 1. The first-order valence-electron chi connectivity index (χ1n) is 11.8. The number of hydrogen-bond acceptors (Lipinski definition) is 3. The Morgan fingerprint density at radius 2 is 1.53 bits per heavy atom. The Labute approximate surface area is 183 Å². The third-order valence-corrected chi connectivity index (χ3v) is 5.25. The van der Waals surface area contributed by atoms with Crippen LogP contribution in [0.15, 0.2) is 41.5 Å². The number of amidine groups is 1. The van der Waals surface area contributed by atoms with Crippen molar-refractivity contribution in [2.24, 2.45) is 16.7 Å². The second-order valence-electron chi connectivity index (χ2n) is 7.98. The van der Waals surface area contributed by atoms with Crippen LogP contribution in [0.3, 0.4) is 0 Å². The van der Waals surface area contributed by atoms with E-state index in [1.165, 1.54) is 70.6 Å². The Morgan fingerprint density at radius 3 is 2.17 bits per heavy atom. The van der Waals surface area contributed by atoms with Gasteiger partial charge in [-0.1, -0.05) is 82.6 Å². The number of rotatable bonds is 17. The van der Waals surface area contributed by atoms with Gasteiger partial charge in [-0.3, -0.25) is 4.79 Å². The molecule has 0 spiro atoms. The highest BCUT2D eigenvalue weighted by Crippen LogP contribution is 2.13. The van der Waals surface area contributed by atoms with Gasteiger partial charge in [0, 0.05) is 17.7 Å². The summed E-state index contributed by atoms with van der Waals surface area (Å²) in [4.78, 5) is 12.1. The molecule has 0 radical (unpaired) electrons. The molecule has 0 atom stereocenters. The molecule has 1 amide bonds. The number of carbonyl (C=O) groups excluding carboxylic acids is 1. The molecule has 5 heteroatoms. The third-order valence-electron chi connectivity index (χ3n) is 5.25. The molecule has 1 aromatic rings. The largest absolute Gasteiger partial charge is 0.382 e. The number of anilines is 1. The first-order valence-corrected chi connectivity index (χ1v) is 11.8. The highest BCUT2D eigenvalue weighted by atomic mass is 16.1. The van der Waals surface area contributed by atoms with Gasteiger partial charge in [0.25, 0.3) is 0 Å². The number of nitrogens with one attached hydrogen (secondary N) is 1. The minimum atomic E-state index is 0.0352. The van der Waals surface area contributed by atoms with E-state index >= 15 is 0 Å². The monoisotopic (exact) mass is 414 g/mol. The van der Waals surface area contributed by atoms with Gasteiger partial charge in [-0.2, -0.15) is 5.10 Å². The summed E-state index contributed by atoms with van der Waals surface area (Å²) in [6.45, 7) is 2.26. The van der Waals surface area contributed by atoms with Gasteiger partial charge >= 0.3 is 0 Å². The first kappa shape index (κ1) is 25.7. The number of nitrogens with two attached hydrogens (primary N) is 2. The molecule has 168 valence electrons. The van der Waals surface area contributed by atoms with Gasteiger partial charge in [0.2, 0.25) is 5.91 Å². The van der Waals surface area contributed by atoms with E-state index in [-0.39, 0.29) is 11.7 Å². The maximum atomic E-state index is 12.1. The topological polar surface area (TPSA) is 93.5 Å². The SMILES string of the molecule is CCCCCCCC/C=C\CCCCCCCC(=O)Nc1cccc(/C(N)=N/N)c1. The van der Waals surface area contributed by atoms with Crippen molar-refractivity contribution in [3.8, 4) is 0 Å². The fraction of sp³-hybridized carbons (Fsp3) is 0.600. The summed E-state index contributed by atoms with van der Waals surface area (Å²) < 4.78 is 0. The summed E-state index contributed by atoms with van der Waals surface area (Å²) in [6, 6.07) is 7.25. The number of allylic oxidation sites excluding steroid dienone is 2. The summed E-state index contributed by atoms with van der Waals surface area (Å²) in [6.07, 6.45) is 21.6. The lowest BCUT2D eigenvalue weighted by Gasteiger charge is -2.07. The molecule has 0 aliphatic rings. The van der Waals surface area contributed by atoms with E-state index in [1.807, 2.05) is 18.2 Å². The zero-order valence-electron chi connectivity index (χ0n) is 18.9. The fourth-order valence-corrected chi connectivity index (χ4v) is 3.41. The minimum Gasteiger partial charge on any atom is -0.382 e. The Hall–Kier alpha value is -2.30. The van der Waals surface area contributed by atoms with E-state index in [4.69, 9.17) is 11.6 Å². The summed E-state index contributed by atoms with van der Waals surface area (Å²) in [5, 5.41) is 6.39.